The lowest BCUT2D eigenvalue weighted by Gasteiger charge is -2.18. The number of rotatable bonds is 5. The second kappa shape index (κ2) is 7.32. The molecule has 0 fully saturated rings. The summed E-state index contributed by atoms with van der Waals surface area (Å²) in [6, 6.07) is -0.454. The van der Waals surface area contributed by atoms with E-state index in [4.69, 9.17) is 4.52 Å². The average molecular weight is 412 g/mol. The van der Waals surface area contributed by atoms with Crippen LogP contribution < -0.4 is 5.32 Å². The van der Waals surface area contributed by atoms with Crippen LogP contribution >= 0.6 is 11.3 Å². The van der Waals surface area contributed by atoms with Gasteiger partial charge in [0, 0.05) is 11.1 Å². The van der Waals surface area contributed by atoms with E-state index < -0.39 is 6.04 Å². The Labute approximate surface area is 170 Å². The third-order valence-electron chi connectivity index (χ3n) is 4.58. The first-order valence-corrected chi connectivity index (χ1v) is 9.91. The molecular weight excluding hydrogens is 392 g/mol. The van der Waals surface area contributed by atoms with Crippen molar-refractivity contribution in [3.63, 3.8) is 0 Å². The predicted octanol–water partition coefficient (Wildman–Crippen LogP) is 2.91. The molecule has 0 aliphatic carbocycles. The van der Waals surface area contributed by atoms with Crippen molar-refractivity contribution < 1.29 is 9.32 Å². The minimum atomic E-state index is -0.454. The van der Waals surface area contributed by atoms with E-state index >= 15 is 0 Å². The van der Waals surface area contributed by atoms with Crippen molar-refractivity contribution >= 4 is 27.5 Å². The highest BCUT2D eigenvalue weighted by Gasteiger charge is 2.28. The van der Waals surface area contributed by atoms with E-state index in [0.717, 1.165) is 21.5 Å². The smallest absolute Gasteiger partial charge is 0.262 e. The van der Waals surface area contributed by atoms with Gasteiger partial charge in [-0.15, -0.1) is 11.3 Å². The van der Waals surface area contributed by atoms with E-state index in [-0.39, 0.29) is 17.6 Å². The van der Waals surface area contributed by atoms with Gasteiger partial charge in [0.25, 0.3) is 5.91 Å². The maximum Gasteiger partial charge on any atom is 0.262 e. The molecule has 0 saturated carbocycles. The number of nitrogens with one attached hydrogen (secondary N) is 2. The zero-order chi connectivity index (χ0) is 20.7. The van der Waals surface area contributed by atoms with Crippen molar-refractivity contribution in [2.24, 2.45) is 5.92 Å². The molecule has 150 valence electrons. The highest BCUT2D eigenvalue weighted by molar-refractivity contribution is 7.20. The van der Waals surface area contributed by atoms with E-state index in [2.05, 4.69) is 40.6 Å². The number of fused-ring (bicyclic) bond motifs is 1. The van der Waals surface area contributed by atoms with Crippen molar-refractivity contribution in [2.45, 2.75) is 40.7 Å². The molecule has 4 aromatic rings. The monoisotopic (exact) mass is 412 g/mol. The Kier molecular flexibility index (Phi) is 4.82. The fourth-order valence-electron chi connectivity index (χ4n) is 3.18. The van der Waals surface area contributed by atoms with Gasteiger partial charge in [-0.2, -0.15) is 10.1 Å². The van der Waals surface area contributed by atoms with Crippen LogP contribution in [0, 0.1) is 26.7 Å². The molecule has 1 atom stereocenters. The molecule has 11 heteroatoms. The third-order valence-corrected chi connectivity index (χ3v) is 5.76. The Bertz CT molecular complexity index is 1180. The van der Waals surface area contributed by atoms with Gasteiger partial charge in [0.05, 0.1) is 4.88 Å². The van der Waals surface area contributed by atoms with Crippen molar-refractivity contribution in [3.8, 4) is 11.6 Å². The number of carbonyl (C=O) groups excluding carboxylic acids is 1. The quantitative estimate of drug-likeness (QED) is 0.511. The second-order valence-electron chi connectivity index (χ2n) is 7.08. The molecule has 1 unspecified atom stereocenters. The number of nitrogens with zero attached hydrogens (tertiary/aromatic N) is 6. The highest BCUT2D eigenvalue weighted by atomic mass is 32.1. The van der Waals surface area contributed by atoms with Gasteiger partial charge in [-0.25, -0.2) is 15.0 Å². The summed E-state index contributed by atoms with van der Waals surface area (Å²) in [7, 11) is 0. The minimum Gasteiger partial charge on any atom is -0.339 e. The molecule has 0 aromatic carbocycles. The Balaban J connectivity index is 1.64. The number of amides is 1. The lowest BCUT2D eigenvalue weighted by molar-refractivity contribution is 0.0917. The highest BCUT2D eigenvalue weighted by Crippen LogP contribution is 2.32. The summed E-state index contributed by atoms with van der Waals surface area (Å²) < 4.78 is 5.39. The largest absolute Gasteiger partial charge is 0.339 e. The predicted molar refractivity (Wildman–Crippen MR) is 106 cm³/mol. The van der Waals surface area contributed by atoms with E-state index in [0.29, 0.717) is 22.4 Å². The van der Waals surface area contributed by atoms with Gasteiger partial charge in [-0.05, 0) is 32.3 Å². The number of aryl methyl sites for hydroxylation is 3. The number of H-pyrrole nitrogens is 1. The van der Waals surface area contributed by atoms with E-state index in [1.807, 2.05) is 34.6 Å². The summed E-state index contributed by atoms with van der Waals surface area (Å²) in [5, 5.41) is 14.4. The molecule has 4 heterocycles. The Morgan fingerprint density at radius 1 is 1.21 bits per heavy atom. The van der Waals surface area contributed by atoms with Crippen LogP contribution in [-0.2, 0) is 0 Å². The van der Waals surface area contributed by atoms with E-state index in [9.17, 15) is 4.79 Å². The molecule has 0 radical (unpaired) electrons. The summed E-state index contributed by atoms with van der Waals surface area (Å²) in [4.78, 5) is 31.8. The van der Waals surface area contributed by atoms with Crippen molar-refractivity contribution in [2.75, 3.05) is 0 Å². The fraction of sp³-hybridized carbons (Fsp3) is 0.389. The van der Waals surface area contributed by atoms with Gasteiger partial charge in [-0.3, -0.25) is 9.89 Å². The maximum absolute atomic E-state index is 13.1. The zero-order valence-corrected chi connectivity index (χ0v) is 17.5. The minimum absolute atomic E-state index is 0.0282. The van der Waals surface area contributed by atoms with Gasteiger partial charge in [0.1, 0.15) is 23.0 Å². The number of thiophene rings is 1. The number of aromatic amines is 1. The van der Waals surface area contributed by atoms with Crippen LogP contribution in [0.2, 0.25) is 0 Å². The molecule has 2 N–H and O–H groups in total. The Hall–Kier alpha value is -3.21. The van der Waals surface area contributed by atoms with Crippen LogP contribution in [0.4, 0.5) is 0 Å². The van der Waals surface area contributed by atoms with Crippen molar-refractivity contribution in [3.05, 3.63) is 34.2 Å². The van der Waals surface area contributed by atoms with Gasteiger partial charge in [0.2, 0.25) is 11.7 Å². The van der Waals surface area contributed by atoms with Crippen LogP contribution in [-0.4, -0.2) is 41.2 Å². The third kappa shape index (κ3) is 3.48. The second-order valence-corrected chi connectivity index (χ2v) is 8.08. The van der Waals surface area contributed by atoms with Crippen molar-refractivity contribution in [1.29, 1.82) is 0 Å². The molecule has 0 saturated heterocycles. The summed E-state index contributed by atoms with van der Waals surface area (Å²) in [5.74, 6) is 1.51. The molecule has 0 spiro atoms. The van der Waals surface area contributed by atoms with Crippen molar-refractivity contribution in [1.82, 2.24) is 40.6 Å². The first-order chi connectivity index (χ1) is 13.8. The Morgan fingerprint density at radius 3 is 2.69 bits per heavy atom. The first-order valence-electron chi connectivity index (χ1n) is 9.09. The lowest BCUT2D eigenvalue weighted by Crippen LogP contribution is -2.31. The van der Waals surface area contributed by atoms with Gasteiger partial charge in [-0.1, -0.05) is 19.0 Å². The summed E-state index contributed by atoms with van der Waals surface area (Å²) in [5.41, 5.74) is 1.74. The summed E-state index contributed by atoms with van der Waals surface area (Å²) in [6.45, 7) is 9.63. The van der Waals surface area contributed by atoms with Gasteiger partial charge in [0.15, 0.2) is 5.82 Å². The van der Waals surface area contributed by atoms with Crippen LogP contribution in [0.3, 0.4) is 0 Å². The average Bonchev–Trinajstić information content (AvgIpc) is 3.38. The van der Waals surface area contributed by atoms with Gasteiger partial charge < -0.3 is 9.84 Å². The fourth-order valence-corrected chi connectivity index (χ4v) is 4.36. The molecule has 29 heavy (non-hydrogen) atoms. The molecule has 4 aromatic heterocycles. The summed E-state index contributed by atoms with van der Waals surface area (Å²) in [6.07, 6.45) is 1.36. The van der Waals surface area contributed by atoms with E-state index in [1.165, 1.54) is 17.7 Å². The first kappa shape index (κ1) is 19.1. The number of hydrogen-bond donors (Lipinski definition) is 2. The molecular formula is C18H20N8O2S. The molecule has 1 amide bonds. The Morgan fingerprint density at radius 2 is 2.00 bits per heavy atom. The van der Waals surface area contributed by atoms with Crippen LogP contribution in [0.25, 0.3) is 21.9 Å². The lowest BCUT2D eigenvalue weighted by atomic mass is 10.0. The molecule has 0 bridgehead atoms. The van der Waals surface area contributed by atoms with Crippen LogP contribution in [0.15, 0.2) is 10.9 Å². The zero-order valence-electron chi connectivity index (χ0n) is 16.6. The van der Waals surface area contributed by atoms with Crippen LogP contribution in [0.1, 0.15) is 52.5 Å². The SMILES string of the molecule is Cc1nc(C)c2c(C)c(C(=O)NC(c3nc(-c4ncn[nH]4)no3)C(C)C)sc2n1. The normalized spacial score (nSPS) is 12.6. The van der Waals surface area contributed by atoms with Crippen LogP contribution in [0.5, 0.6) is 0 Å². The molecule has 10 nitrogen and oxygen atoms in total. The maximum atomic E-state index is 13.1. The summed E-state index contributed by atoms with van der Waals surface area (Å²) >= 11 is 1.36. The number of carbonyl (C=O) groups is 1. The topological polar surface area (TPSA) is 135 Å². The molecule has 0 aliphatic heterocycles. The molecule has 0 aliphatic rings. The molecule has 4 rings (SSSR count). The number of aromatic nitrogens is 7. The number of hydrogen-bond acceptors (Lipinski definition) is 9. The van der Waals surface area contributed by atoms with Gasteiger partial charge >= 0.3 is 0 Å². The van der Waals surface area contributed by atoms with E-state index in [1.54, 1.807) is 0 Å². The standard InChI is InChI=1S/C18H20N8O2S/c1-7(2)12(17-24-15(26-28-17)14-19-6-20-25-14)23-16(27)13-8(3)11-9(4)21-10(5)22-18(11)29-13/h6-7,12H,1-5H3,(H,23,27)(H,19,20,25).